The average molecular weight is 329 g/mol. The first-order valence-corrected chi connectivity index (χ1v) is 5.88. The van der Waals surface area contributed by atoms with Crippen LogP contribution in [0.5, 0.6) is 11.5 Å². The number of nitrogens with zero attached hydrogens (tertiary/aromatic N) is 1. The summed E-state index contributed by atoms with van der Waals surface area (Å²) in [5.41, 5.74) is 0. The number of hydrogen-bond donors (Lipinski definition) is 0. The third-order valence-corrected chi connectivity index (χ3v) is 3.80. The van der Waals surface area contributed by atoms with Crippen molar-refractivity contribution in [1.82, 2.24) is 4.98 Å². The SMILES string of the molecule is Brc1cccc(Oc2ccncc2)c1Br. The van der Waals surface area contributed by atoms with Crippen LogP contribution < -0.4 is 4.74 Å². The van der Waals surface area contributed by atoms with Crippen LogP contribution in [-0.2, 0) is 0 Å². The van der Waals surface area contributed by atoms with Gasteiger partial charge in [0.15, 0.2) is 0 Å². The minimum absolute atomic E-state index is 0.767. The Labute approximate surface area is 105 Å². The first kappa shape index (κ1) is 10.6. The van der Waals surface area contributed by atoms with Gasteiger partial charge in [0.2, 0.25) is 0 Å². The Morgan fingerprint density at radius 2 is 1.73 bits per heavy atom. The maximum atomic E-state index is 5.67. The van der Waals surface area contributed by atoms with Crippen molar-refractivity contribution < 1.29 is 4.74 Å². The molecule has 1 aromatic heterocycles. The van der Waals surface area contributed by atoms with Crippen LogP contribution in [0.4, 0.5) is 0 Å². The van der Waals surface area contributed by atoms with Gasteiger partial charge in [0.1, 0.15) is 11.5 Å². The normalized spacial score (nSPS) is 10.0. The first-order chi connectivity index (χ1) is 7.27. The van der Waals surface area contributed by atoms with Gasteiger partial charge in [0.25, 0.3) is 0 Å². The molecule has 76 valence electrons. The number of benzene rings is 1. The summed E-state index contributed by atoms with van der Waals surface area (Å²) in [5.74, 6) is 1.54. The number of pyridine rings is 1. The highest BCUT2D eigenvalue weighted by Crippen LogP contribution is 2.34. The van der Waals surface area contributed by atoms with Crippen LogP contribution in [-0.4, -0.2) is 4.98 Å². The summed E-state index contributed by atoms with van der Waals surface area (Å²) < 4.78 is 7.54. The van der Waals surface area contributed by atoms with E-state index in [9.17, 15) is 0 Å². The fourth-order valence-corrected chi connectivity index (χ4v) is 1.79. The smallest absolute Gasteiger partial charge is 0.142 e. The number of ether oxygens (including phenoxy) is 1. The highest BCUT2D eigenvalue weighted by Gasteiger charge is 2.04. The molecule has 0 bridgehead atoms. The topological polar surface area (TPSA) is 22.1 Å². The van der Waals surface area contributed by atoms with Crippen LogP contribution in [0.3, 0.4) is 0 Å². The molecule has 0 N–H and O–H groups in total. The van der Waals surface area contributed by atoms with E-state index >= 15 is 0 Å². The quantitative estimate of drug-likeness (QED) is 0.815. The van der Waals surface area contributed by atoms with E-state index in [1.165, 1.54) is 0 Å². The molecule has 0 aliphatic heterocycles. The van der Waals surface area contributed by atoms with E-state index in [2.05, 4.69) is 36.8 Å². The summed E-state index contributed by atoms with van der Waals surface area (Å²) in [6.07, 6.45) is 3.39. The number of aromatic nitrogens is 1. The molecule has 0 fully saturated rings. The summed E-state index contributed by atoms with van der Waals surface area (Å²) in [4.78, 5) is 3.93. The lowest BCUT2D eigenvalue weighted by molar-refractivity contribution is 0.478. The molecule has 0 atom stereocenters. The van der Waals surface area contributed by atoms with Gasteiger partial charge in [-0.15, -0.1) is 0 Å². The third-order valence-electron chi connectivity index (χ3n) is 1.79. The minimum atomic E-state index is 0.767. The van der Waals surface area contributed by atoms with Crippen LogP contribution in [0.1, 0.15) is 0 Å². The molecule has 4 heteroatoms. The standard InChI is InChI=1S/C11H7Br2NO/c12-9-2-1-3-10(11(9)13)15-8-4-6-14-7-5-8/h1-7H. The van der Waals surface area contributed by atoms with E-state index in [0.29, 0.717) is 0 Å². The van der Waals surface area contributed by atoms with Gasteiger partial charge in [-0.1, -0.05) is 6.07 Å². The maximum absolute atomic E-state index is 5.67. The van der Waals surface area contributed by atoms with Crippen LogP contribution in [0.25, 0.3) is 0 Å². The fraction of sp³-hybridized carbons (Fsp3) is 0. The Kier molecular flexibility index (Phi) is 3.38. The van der Waals surface area contributed by atoms with Gasteiger partial charge < -0.3 is 4.74 Å². The third kappa shape index (κ3) is 2.58. The van der Waals surface area contributed by atoms with Crippen LogP contribution >= 0.6 is 31.9 Å². The van der Waals surface area contributed by atoms with Crippen molar-refractivity contribution in [2.45, 2.75) is 0 Å². The molecule has 0 unspecified atom stereocenters. The van der Waals surface area contributed by atoms with E-state index in [1.54, 1.807) is 12.4 Å². The van der Waals surface area contributed by atoms with E-state index < -0.39 is 0 Å². The molecule has 0 aliphatic carbocycles. The van der Waals surface area contributed by atoms with E-state index in [4.69, 9.17) is 4.74 Å². The highest BCUT2D eigenvalue weighted by molar-refractivity contribution is 9.13. The Balaban J connectivity index is 2.29. The van der Waals surface area contributed by atoms with Crippen LogP contribution in [0, 0.1) is 0 Å². The van der Waals surface area contributed by atoms with Crippen LogP contribution in [0.2, 0.25) is 0 Å². The van der Waals surface area contributed by atoms with E-state index in [1.807, 2.05) is 30.3 Å². The second-order valence-electron chi connectivity index (χ2n) is 2.84. The fourth-order valence-electron chi connectivity index (χ4n) is 1.10. The summed E-state index contributed by atoms with van der Waals surface area (Å²) in [6, 6.07) is 9.39. The Morgan fingerprint density at radius 1 is 1.00 bits per heavy atom. The van der Waals surface area contributed by atoms with Gasteiger partial charge in [-0.3, -0.25) is 4.98 Å². The molecule has 2 aromatic rings. The number of hydrogen-bond acceptors (Lipinski definition) is 2. The molecule has 2 nitrogen and oxygen atoms in total. The van der Waals surface area contributed by atoms with Crippen molar-refractivity contribution in [3.63, 3.8) is 0 Å². The molecule has 15 heavy (non-hydrogen) atoms. The van der Waals surface area contributed by atoms with Crippen molar-refractivity contribution in [2.75, 3.05) is 0 Å². The second-order valence-corrected chi connectivity index (χ2v) is 4.48. The zero-order valence-electron chi connectivity index (χ0n) is 7.65. The largest absolute Gasteiger partial charge is 0.456 e. The molecule has 0 amide bonds. The highest BCUT2D eigenvalue weighted by atomic mass is 79.9. The monoisotopic (exact) mass is 327 g/mol. The molecule has 0 aliphatic rings. The van der Waals surface area contributed by atoms with E-state index in [0.717, 1.165) is 20.4 Å². The predicted octanol–water partition coefficient (Wildman–Crippen LogP) is 4.40. The van der Waals surface area contributed by atoms with Gasteiger partial charge >= 0.3 is 0 Å². The summed E-state index contributed by atoms with van der Waals surface area (Å²) in [7, 11) is 0. The summed E-state index contributed by atoms with van der Waals surface area (Å²) >= 11 is 6.87. The Morgan fingerprint density at radius 3 is 2.47 bits per heavy atom. The van der Waals surface area contributed by atoms with Gasteiger partial charge in [-0.25, -0.2) is 0 Å². The Hall–Kier alpha value is -0.870. The lowest BCUT2D eigenvalue weighted by Crippen LogP contribution is -1.85. The van der Waals surface area contributed by atoms with Gasteiger partial charge in [-0.2, -0.15) is 0 Å². The molecule has 1 heterocycles. The molecular weight excluding hydrogens is 322 g/mol. The second kappa shape index (κ2) is 4.77. The van der Waals surface area contributed by atoms with Crippen molar-refractivity contribution in [1.29, 1.82) is 0 Å². The van der Waals surface area contributed by atoms with Gasteiger partial charge in [0.05, 0.1) is 4.47 Å². The molecule has 0 saturated heterocycles. The van der Waals surface area contributed by atoms with Crippen molar-refractivity contribution in [3.05, 3.63) is 51.7 Å². The van der Waals surface area contributed by atoms with Crippen molar-refractivity contribution >= 4 is 31.9 Å². The lowest BCUT2D eigenvalue weighted by Gasteiger charge is -2.07. The predicted molar refractivity (Wildman–Crippen MR) is 66.2 cm³/mol. The van der Waals surface area contributed by atoms with Crippen molar-refractivity contribution in [2.24, 2.45) is 0 Å². The van der Waals surface area contributed by atoms with Gasteiger partial charge in [0, 0.05) is 16.9 Å². The lowest BCUT2D eigenvalue weighted by atomic mass is 10.3. The molecule has 0 radical (unpaired) electrons. The number of halogens is 2. The molecule has 2 rings (SSSR count). The summed E-state index contributed by atoms with van der Waals surface area (Å²) in [6.45, 7) is 0. The van der Waals surface area contributed by atoms with Crippen LogP contribution in [0.15, 0.2) is 51.7 Å². The molecule has 0 spiro atoms. The number of rotatable bonds is 2. The molecule has 1 aromatic carbocycles. The van der Waals surface area contributed by atoms with E-state index in [-0.39, 0.29) is 0 Å². The molecular formula is C11H7Br2NO. The Bertz CT molecular complexity index is 459. The zero-order valence-corrected chi connectivity index (χ0v) is 10.8. The minimum Gasteiger partial charge on any atom is -0.456 e. The van der Waals surface area contributed by atoms with Gasteiger partial charge in [-0.05, 0) is 56.1 Å². The summed E-state index contributed by atoms with van der Waals surface area (Å²) in [5, 5.41) is 0. The average Bonchev–Trinajstić information content (AvgIpc) is 2.26. The first-order valence-electron chi connectivity index (χ1n) is 4.29. The maximum Gasteiger partial charge on any atom is 0.142 e. The molecule has 0 saturated carbocycles. The zero-order chi connectivity index (χ0) is 10.7. The van der Waals surface area contributed by atoms with Crippen molar-refractivity contribution in [3.8, 4) is 11.5 Å².